The van der Waals surface area contributed by atoms with Crippen molar-refractivity contribution in [1.29, 1.82) is 5.26 Å². The van der Waals surface area contributed by atoms with E-state index in [0.717, 1.165) is 18.7 Å². The molecule has 2 heterocycles. The molecule has 0 aliphatic carbocycles. The van der Waals surface area contributed by atoms with E-state index in [4.69, 9.17) is 16.9 Å². The van der Waals surface area contributed by atoms with Crippen LogP contribution in [0.2, 0.25) is 5.02 Å². The average molecular weight is 263 g/mol. The quantitative estimate of drug-likeness (QED) is 0.802. The number of nitrogens with one attached hydrogen (secondary N) is 2. The summed E-state index contributed by atoms with van der Waals surface area (Å²) >= 11 is 6.01. The highest BCUT2D eigenvalue weighted by Crippen LogP contribution is 2.22. The van der Waals surface area contributed by atoms with E-state index in [-0.39, 0.29) is 0 Å². The first-order valence-corrected chi connectivity index (χ1v) is 5.82. The second-order valence-corrected chi connectivity index (χ2v) is 3.97. The predicted octanol–water partition coefficient (Wildman–Crippen LogP) is 1.77. The molecule has 0 aliphatic heterocycles. The van der Waals surface area contributed by atoms with Gasteiger partial charge in [0, 0.05) is 19.2 Å². The summed E-state index contributed by atoms with van der Waals surface area (Å²) in [6.07, 6.45) is 4.70. The number of H-pyrrole nitrogens is 1. The highest BCUT2D eigenvalue weighted by atomic mass is 35.5. The third-order valence-corrected chi connectivity index (χ3v) is 2.74. The lowest BCUT2D eigenvalue weighted by atomic mass is 10.2. The van der Waals surface area contributed by atoms with E-state index in [9.17, 15) is 0 Å². The number of pyridine rings is 1. The molecule has 0 radical (unpaired) electrons. The van der Waals surface area contributed by atoms with Crippen LogP contribution in [0.25, 0.3) is 0 Å². The van der Waals surface area contributed by atoms with Crippen molar-refractivity contribution in [3.63, 3.8) is 0 Å². The molecular weight excluding hydrogens is 252 g/mol. The molecule has 2 aromatic rings. The molecule has 0 saturated heterocycles. The lowest BCUT2D eigenvalue weighted by molar-refractivity contribution is 0.803. The maximum atomic E-state index is 8.83. The van der Waals surface area contributed by atoms with Gasteiger partial charge in [0.2, 0.25) is 0 Å². The summed E-state index contributed by atoms with van der Waals surface area (Å²) in [6.45, 7) is 0.697. The molecular formula is C11H11ClN6. The highest BCUT2D eigenvalue weighted by Gasteiger charge is 2.06. The molecule has 0 amide bonds. The third kappa shape index (κ3) is 2.96. The fraction of sp³-hybridized carbons (Fsp3) is 0.273. The number of nitrogens with zero attached hydrogens (tertiary/aromatic N) is 4. The van der Waals surface area contributed by atoms with Crippen LogP contribution in [0.5, 0.6) is 0 Å². The third-order valence-electron chi connectivity index (χ3n) is 2.36. The number of aryl methyl sites for hydroxylation is 1. The summed E-state index contributed by atoms with van der Waals surface area (Å²) in [5, 5.41) is 18.8. The van der Waals surface area contributed by atoms with E-state index in [1.807, 2.05) is 6.07 Å². The van der Waals surface area contributed by atoms with Gasteiger partial charge in [0.1, 0.15) is 29.1 Å². The smallest absolute Gasteiger partial charge is 0.146 e. The Morgan fingerprint density at radius 2 is 2.33 bits per heavy atom. The second-order valence-electron chi connectivity index (χ2n) is 3.60. The maximum absolute atomic E-state index is 8.83. The zero-order valence-corrected chi connectivity index (χ0v) is 10.3. The zero-order valence-electron chi connectivity index (χ0n) is 9.52. The van der Waals surface area contributed by atoms with E-state index in [1.54, 1.807) is 12.3 Å². The topological polar surface area (TPSA) is 90.3 Å². The summed E-state index contributed by atoms with van der Waals surface area (Å²) in [4.78, 5) is 8.12. The SMILES string of the molecule is N#Cc1ccnc(NCCCc2ncn[nH]2)c1Cl. The van der Waals surface area contributed by atoms with Crippen LogP contribution >= 0.6 is 11.6 Å². The van der Waals surface area contributed by atoms with Crippen LogP contribution in [0, 0.1) is 11.3 Å². The number of hydrogen-bond donors (Lipinski definition) is 2. The summed E-state index contributed by atoms with van der Waals surface area (Å²) in [5.74, 6) is 1.38. The first-order valence-electron chi connectivity index (χ1n) is 5.44. The van der Waals surface area contributed by atoms with Crippen molar-refractivity contribution in [1.82, 2.24) is 20.2 Å². The molecule has 6 nitrogen and oxygen atoms in total. The zero-order chi connectivity index (χ0) is 12.8. The van der Waals surface area contributed by atoms with Crippen LogP contribution in [0.3, 0.4) is 0 Å². The van der Waals surface area contributed by atoms with E-state index < -0.39 is 0 Å². The van der Waals surface area contributed by atoms with Crippen molar-refractivity contribution >= 4 is 17.4 Å². The van der Waals surface area contributed by atoms with E-state index in [1.165, 1.54) is 6.33 Å². The molecule has 2 aromatic heterocycles. The molecule has 18 heavy (non-hydrogen) atoms. The van der Waals surface area contributed by atoms with Crippen LogP contribution < -0.4 is 5.32 Å². The van der Waals surface area contributed by atoms with Crippen molar-refractivity contribution in [3.05, 3.63) is 35.0 Å². The molecule has 0 unspecified atom stereocenters. The molecule has 0 aliphatic rings. The summed E-state index contributed by atoms with van der Waals surface area (Å²) in [5.41, 5.74) is 0.421. The fourth-order valence-electron chi connectivity index (χ4n) is 1.47. The molecule has 0 atom stereocenters. The average Bonchev–Trinajstić information content (AvgIpc) is 2.89. The van der Waals surface area contributed by atoms with Crippen LogP contribution in [0.15, 0.2) is 18.6 Å². The molecule has 0 aromatic carbocycles. The predicted molar refractivity (Wildman–Crippen MR) is 67.2 cm³/mol. The summed E-state index contributed by atoms with van der Waals surface area (Å²) in [6, 6.07) is 3.60. The van der Waals surface area contributed by atoms with Crippen molar-refractivity contribution in [2.24, 2.45) is 0 Å². The molecule has 0 saturated carbocycles. The van der Waals surface area contributed by atoms with Gasteiger partial charge in [-0.1, -0.05) is 11.6 Å². The minimum absolute atomic E-state index is 0.361. The number of aromatic amines is 1. The normalized spacial score (nSPS) is 10.0. The first kappa shape index (κ1) is 12.3. The Hall–Kier alpha value is -2.13. The molecule has 2 rings (SSSR count). The minimum atomic E-state index is 0.361. The molecule has 2 N–H and O–H groups in total. The maximum Gasteiger partial charge on any atom is 0.146 e. The lowest BCUT2D eigenvalue weighted by Gasteiger charge is -2.07. The van der Waals surface area contributed by atoms with Gasteiger partial charge in [-0.3, -0.25) is 5.10 Å². The van der Waals surface area contributed by atoms with Crippen molar-refractivity contribution in [2.45, 2.75) is 12.8 Å². The van der Waals surface area contributed by atoms with Gasteiger partial charge in [-0.25, -0.2) is 9.97 Å². The van der Waals surface area contributed by atoms with Gasteiger partial charge in [0.25, 0.3) is 0 Å². The van der Waals surface area contributed by atoms with Crippen LogP contribution in [0.4, 0.5) is 5.82 Å². The Morgan fingerprint density at radius 3 is 3.06 bits per heavy atom. The van der Waals surface area contributed by atoms with Gasteiger partial charge in [-0.05, 0) is 12.5 Å². The molecule has 0 spiro atoms. The van der Waals surface area contributed by atoms with E-state index in [2.05, 4.69) is 25.5 Å². The standard InChI is InChI=1S/C11H11ClN6/c12-10-8(6-13)3-5-15-11(10)14-4-1-2-9-16-7-17-18-9/h3,5,7H,1-2,4H2,(H,14,15)(H,16,17,18). The van der Waals surface area contributed by atoms with Crippen LogP contribution in [0.1, 0.15) is 17.8 Å². The van der Waals surface area contributed by atoms with Gasteiger partial charge in [0.05, 0.1) is 5.56 Å². The monoisotopic (exact) mass is 262 g/mol. The van der Waals surface area contributed by atoms with Gasteiger partial charge >= 0.3 is 0 Å². The van der Waals surface area contributed by atoms with Crippen LogP contribution in [-0.2, 0) is 6.42 Å². The largest absolute Gasteiger partial charge is 0.369 e. The molecule has 0 bridgehead atoms. The number of anilines is 1. The molecule has 0 fully saturated rings. The molecule has 92 valence electrons. The van der Waals surface area contributed by atoms with Gasteiger partial charge in [-0.15, -0.1) is 0 Å². The first-order chi connectivity index (χ1) is 8.81. The van der Waals surface area contributed by atoms with Gasteiger partial charge in [0.15, 0.2) is 0 Å². The number of halogens is 1. The van der Waals surface area contributed by atoms with Crippen molar-refractivity contribution in [2.75, 3.05) is 11.9 Å². The van der Waals surface area contributed by atoms with Crippen molar-refractivity contribution < 1.29 is 0 Å². The molecule has 7 heteroatoms. The Labute approximate surface area is 109 Å². The van der Waals surface area contributed by atoms with Gasteiger partial charge in [-0.2, -0.15) is 10.4 Å². The summed E-state index contributed by atoms with van der Waals surface area (Å²) in [7, 11) is 0. The van der Waals surface area contributed by atoms with E-state index in [0.29, 0.717) is 22.9 Å². The second kappa shape index (κ2) is 5.98. The summed E-state index contributed by atoms with van der Waals surface area (Å²) < 4.78 is 0. The highest BCUT2D eigenvalue weighted by molar-refractivity contribution is 6.34. The lowest BCUT2D eigenvalue weighted by Crippen LogP contribution is -2.06. The Morgan fingerprint density at radius 1 is 1.44 bits per heavy atom. The Balaban J connectivity index is 1.85. The number of rotatable bonds is 5. The van der Waals surface area contributed by atoms with Crippen molar-refractivity contribution in [3.8, 4) is 6.07 Å². The Kier molecular flexibility index (Phi) is 4.10. The Bertz CT molecular complexity index is 545. The number of nitriles is 1. The van der Waals surface area contributed by atoms with Gasteiger partial charge < -0.3 is 5.32 Å². The number of hydrogen-bond acceptors (Lipinski definition) is 5. The fourth-order valence-corrected chi connectivity index (χ4v) is 1.69. The van der Waals surface area contributed by atoms with Crippen LogP contribution in [-0.4, -0.2) is 26.7 Å². The van der Waals surface area contributed by atoms with E-state index >= 15 is 0 Å². The minimum Gasteiger partial charge on any atom is -0.369 e. The number of aromatic nitrogens is 4.